The van der Waals surface area contributed by atoms with Crippen LogP contribution in [0.3, 0.4) is 0 Å². The fourth-order valence-corrected chi connectivity index (χ4v) is 2.18. The zero-order valence-electron chi connectivity index (χ0n) is 13.8. The second-order valence-electron chi connectivity index (χ2n) is 5.37. The summed E-state index contributed by atoms with van der Waals surface area (Å²) in [5.41, 5.74) is -0.0847. The molecule has 4 N–H and O–H groups in total. The van der Waals surface area contributed by atoms with Crippen LogP contribution in [0.15, 0.2) is 24.3 Å². The molecule has 0 aliphatic carbocycles. The highest BCUT2D eigenvalue weighted by Gasteiger charge is 2.31. The van der Waals surface area contributed by atoms with Gasteiger partial charge in [0.1, 0.15) is 12.1 Å². The van der Waals surface area contributed by atoms with E-state index in [1.54, 1.807) is 0 Å². The van der Waals surface area contributed by atoms with Crippen LogP contribution in [-0.2, 0) is 14.4 Å². The Bertz CT molecular complexity index is 697. The molecule has 2 atom stereocenters. The van der Waals surface area contributed by atoms with E-state index in [2.05, 4.69) is 10.6 Å². The number of nitrogens with one attached hydrogen (secondary N) is 2. The van der Waals surface area contributed by atoms with Crippen LogP contribution in [-0.4, -0.2) is 50.3 Å². The first kappa shape index (κ1) is 22.6. The molecule has 0 aliphatic heterocycles. The van der Waals surface area contributed by atoms with Crippen molar-refractivity contribution >= 4 is 46.7 Å². The van der Waals surface area contributed by atoms with Gasteiger partial charge in [0.2, 0.25) is 5.91 Å². The number of carbonyl (C=O) groups is 3. The lowest BCUT2D eigenvalue weighted by molar-refractivity contribution is -0.384. The van der Waals surface area contributed by atoms with Gasteiger partial charge in [-0.3, -0.25) is 24.5 Å². The lowest BCUT2D eigenvalue weighted by Gasteiger charge is -2.24. The number of nitro groups is 1. The van der Waals surface area contributed by atoms with Crippen molar-refractivity contribution in [2.45, 2.75) is 29.8 Å². The van der Waals surface area contributed by atoms with Gasteiger partial charge in [-0.25, -0.2) is 0 Å². The Labute approximate surface area is 163 Å². The lowest BCUT2D eigenvalue weighted by Crippen LogP contribution is -2.51. The van der Waals surface area contributed by atoms with Gasteiger partial charge in [0.05, 0.1) is 4.92 Å². The van der Waals surface area contributed by atoms with Crippen molar-refractivity contribution in [2.24, 2.45) is 0 Å². The maximum atomic E-state index is 12.3. The number of hydrogen-bond donors (Lipinski definition) is 4. The number of aliphatic carboxylic acids is 1. The van der Waals surface area contributed by atoms with E-state index in [0.29, 0.717) is 0 Å². The molecule has 0 fully saturated rings. The highest BCUT2D eigenvalue weighted by molar-refractivity contribution is 6.53. The Kier molecular flexibility index (Phi) is 8.92. The van der Waals surface area contributed by atoms with E-state index >= 15 is 0 Å². The summed E-state index contributed by atoms with van der Waals surface area (Å²) in [5.74, 6) is -2.76. The van der Waals surface area contributed by atoms with Crippen LogP contribution in [0.1, 0.15) is 24.5 Å². The van der Waals surface area contributed by atoms with Crippen molar-refractivity contribution in [2.75, 3.05) is 6.54 Å². The second-order valence-corrected chi connectivity index (χ2v) is 6.47. The molecule has 12 heteroatoms. The molecule has 0 aromatic heterocycles. The SMILES string of the molecule is O=C(O)CCCNC(=O)C(NC(=O)C(Cl)Cl)C(O)c1ccc([N+](=O)[O-])cc1. The molecule has 0 saturated carbocycles. The van der Waals surface area contributed by atoms with E-state index in [1.807, 2.05) is 0 Å². The van der Waals surface area contributed by atoms with E-state index in [1.165, 1.54) is 12.1 Å². The predicted molar refractivity (Wildman–Crippen MR) is 95.4 cm³/mol. The van der Waals surface area contributed by atoms with Gasteiger partial charge >= 0.3 is 5.97 Å². The molecule has 2 unspecified atom stereocenters. The predicted octanol–water partition coefficient (Wildman–Crippen LogP) is 0.898. The standard InChI is InChI=1S/C15H17Cl2N3O7/c16-13(17)15(25)19-11(14(24)18-7-1-2-10(21)22)12(23)8-3-5-9(6-4-8)20(26)27/h3-6,11-13,23H,1-2,7H2,(H,18,24)(H,19,25)(H,21,22). The lowest BCUT2D eigenvalue weighted by atomic mass is 10.0. The Morgan fingerprint density at radius 3 is 2.22 bits per heavy atom. The smallest absolute Gasteiger partial charge is 0.303 e. The van der Waals surface area contributed by atoms with Gasteiger partial charge in [-0.15, -0.1) is 0 Å². The molecular weight excluding hydrogens is 405 g/mol. The van der Waals surface area contributed by atoms with Gasteiger partial charge in [0.15, 0.2) is 4.84 Å². The van der Waals surface area contributed by atoms with E-state index in [0.717, 1.165) is 12.1 Å². The largest absolute Gasteiger partial charge is 0.481 e. The Hall–Kier alpha value is -2.43. The quantitative estimate of drug-likeness (QED) is 0.189. The number of amides is 2. The van der Waals surface area contributed by atoms with Crippen LogP contribution in [0.5, 0.6) is 0 Å². The number of alkyl halides is 2. The average Bonchev–Trinajstić information content (AvgIpc) is 2.62. The summed E-state index contributed by atoms with van der Waals surface area (Å²) in [4.78, 5) is 43.1. The Morgan fingerprint density at radius 1 is 1.15 bits per heavy atom. The van der Waals surface area contributed by atoms with Crippen LogP contribution < -0.4 is 10.6 Å². The zero-order valence-corrected chi connectivity index (χ0v) is 15.3. The van der Waals surface area contributed by atoms with E-state index in [4.69, 9.17) is 28.3 Å². The average molecular weight is 422 g/mol. The highest BCUT2D eigenvalue weighted by Crippen LogP contribution is 2.21. The first-order valence-electron chi connectivity index (χ1n) is 7.64. The third-order valence-electron chi connectivity index (χ3n) is 3.41. The molecule has 0 bridgehead atoms. The molecule has 2 amide bonds. The number of nitro benzene ring substituents is 1. The number of hydrogen-bond acceptors (Lipinski definition) is 6. The number of nitrogens with zero attached hydrogens (tertiary/aromatic N) is 1. The van der Waals surface area contributed by atoms with Crippen molar-refractivity contribution in [3.63, 3.8) is 0 Å². The number of aliphatic hydroxyl groups is 1. The van der Waals surface area contributed by atoms with Crippen molar-refractivity contribution in [3.8, 4) is 0 Å². The number of aliphatic hydroxyl groups excluding tert-OH is 1. The van der Waals surface area contributed by atoms with Crippen LogP contribution in [0.25, 0.3) is 0 Å². The molecule has 10 nitrogen and oxygen atoms in total. The van der Waals surface area contributed by atoms with Gasteiger partial charge in [0.25, 0.3) is 11.6 Å². The van der Waals surface area contributed by atoms with Gasteiger partial charge < -0.3 is 20.8 Å². The number of carboxylic acid groups (broad SMARTS) is 1. The summed E-state index contributed by atoms with van der Waals surface area (Å²) in [7, 11) is 0. The molecule has 0 heterocycles. The minimum atomic E-state index is -1.55. The van der Waals surface area contributed by atoms with Gasteiger partial charge in [-0.05, 0) is 24.1 Å². The first-order chi connectivity index (χ1) is 12.6. The topological polar surface area (TPSA) is 159 Å². The van der Waals surface area contributed by atoms with Crippen molar-refractivity contribution in [3.05, 3.63) is 39.9 Å². The number of carbonyl (C=O) groups excluding carboxylic acids is 2. The van der Waals surface area contributed by atoms with Gasteiger partial charge in [-0.2, -0.15) is 0 Å². The highest BCUT2D eigenvalue weighted by atomic mass is 35.5. The fourth-order valence-electron chi connectivity index (χ4n) is 2.05. The minimum Gasteiger partial charge on any atom is -0.481 e. The third kappa shape index (κ3) is 7.37. The van der Waals surface area contributed by atoms with Gasteiger partial charge in [-0.1, -0.05) is 23.2 Å². The molecule has 0 radical (unpaired) electrons. The summed E-state index contributed by atoms with van der Waals surface area (Å²) in [6, 6.07) is 3.24. The van der Waals surface area contributed by atoms with Crippen LogP contribution in [0.4, 0.5) is 5.69 Å². The summed E-state index contributed by atoms with van der Waals surface area (Å²) >= 11 is 10.9. The Balaban J connectivity index is 2.91. The number of non-ortho nitro benzene ring substituents is 1. The van der Waals surface area contributed by atoms with Crippen molar-refractivity contribution in [1.82, 2.24) is 10.6 Å². The molecule has 0 saturated heterocycles. The van der Waals surface area contributed by atoms with E-state index in [9.17, 15) is 29.6 Å². The molecule has 27 heavy (non-hydrogen) atoms. The van der Waals surface area contributed by atoms with Crippen molar-refractivity contribution in [1.29, 1.82) is 0 Å². The molecule has 1 aromatic rings. The van der Waals surface area contributed by atoms with E-state index in [-0.39, 0.29) is 30.6 Å². The molecule has 0 spiro atoms. The second kappa shape index (κ2) is 10.7. The Morgan fingerprint density at radius 2 is 1.74 bits per heavy atom. The summed E-state index contributed by atoms with van der Waals surface area (Å²) in [6.45, 7) is -0.00430. The fraction of sp³-hybridized carbons (Fsp3) is 0.400. The maximum absolute atomic E-state index is 12.3. The molecule has 1 rings (SSSR count). The molecule has 1 aromatic carbocycles. The first-order valence-corrected chi connectivity index (χ1v) is 8.51. The van der Waals surface area contributed by atoms with Crippen molar-refractivity contribution < 1.29 is 29.5 Å². The third-order valence-corrected chi connectivity index (χ3v) is 3.80. The summed E-state index contributed by atoms with van der Waals surface area (Å²) in [6.07, 6.45) is -1.59. The summed E-state index contributed by atoms with van der Waals surface area (Å²) < 4.78 is 0. The monoisotopic (exact) mass is 421 g/mol. The number of rotatable bonds is 10. The number of halogens is 2. The summed E-state index contributed by atoms with van der Waals surface area (Å²) in [5, 5.41) is 34.3. The van der Waals surface area contributed by atoms with Crippen LogP contribution >= 0.6 is 23.2 Å². The molecule has 0 aliphatic rings. The maximum Gasteiger partial charge on any atom is 0.303 e. The normalized spacial score (nSPS) is 12.9. The number of benzene rings is 1. The zero-order chi connectivity index (χ0) is 20.6. The van der Waals surface area contributed by atoms with Gasteiger partial charge in [0, 0.05) is 25.1 Å². The van der Waals surface area contributed by atoms with Crippen LogP contribution in [0, 0.1) is 10.1 Å². The molecular formula is C15H17Cl2N3O7. The van der Waals surface area contributed by atoms with E-state index < -0.39 is 39.7 Å². The molecule has 148 valence electrons. The minimum absolute atomic E-state index is 0.00430. The number of carboxylic acids is 1. The van der Waals surface area contributed by atoms with Crippen LogP contribution in [0.2, 0.25) is 0 Å².